The second-order valence-corrected chi connectivity index (χ2v) is 8.95. The monoisotopic (exact) mass is 405 g/mol. The van der Waals surface area contributed by atoms with E-state index < -0.39 is 5.63 Å². The van der Waals surface area contributed by atoms with Gasteiger partial charge in [-0.05, 0) is 68.4 Å². The third-order valence-corrected chi connectivity index (χ3v) is 7.09. The number of nitrogens with one attached hydrogen (secondary N) is 1. The van der Waals surface area contributed by atoms with Crippen molar-refractivity contribution in [2.75, 3.05) is 6.61 Å². The van der Waals surface area contributed by atoms with Gasteiger partial charge in [0, 0.05) is 23.7 Å². The summed E-state index contributed by atoms with van der Waals surface area (Å²) in [7, 11) is 0. The second kappa shape index (κ2) is 6.52. The van der Waals surface area contributed by atoms with Crippen molar-refractivity contribution in [3.05, 3.63) is 61.2 Å². The largest absolute Gasteiger partial charge is 0.491 e. The first-order valence-corrected chi connectivity index (χ1v) is 10.7. The van der Waals surface area contributed by atoms with Crippen LogP contribution in [0.1, 0.15) is 53.5 Å². The van der Waals surface area contributed by atoms with Crippen molar-refractivity contribution in [3.63, 3.8) is 0 Å². The lowest BCUT2D eigenvalue weighted by Crippen LogP contribution is -2.29. The zero-order chi connectivity index (χ0) is 20.4. The molecule has 0 spiro atoms. The third kappa shape index (κ3) is 2.79. The van der Waals surface area contributed by atoms with Crippen molar-refractivity contribution in [3.8, 4) is 5.75 Å². The van der Waals surface area contributed by atoms with Crippen LogP contribution in [0, 0.1) is 18.8 Å². The third-order valence-electron chi connectivity index (χ3n) is 7.09. The molecular formula is C23H23N3O4. The molecule has 3 aromatic heterocycles. The van der Waals surface area contributed by atoms with E-state index in [1.165, 1.54) is 11.6 Å². The van der Waals surface area contributed by atoms with Gasteiger partial charge in [-0.15, -0.1) is 0 Å². The molecule has 6 aliphatic rings. The van der Waals surface area contributed by atoms with Crippen molar-refractivity contribution in [1.29, 1.82) is 0 Å². The highest BCUT2D eigenvalue weighted by atomic mass is 16.5. The minimum atomic E-state index is -0.454. The van der Waals surface area contributed by atoms with Gasteiger partial charge in [-0.1, -0.05) is 0 Å². The van der Waals surface area contributed by atoms with E-state index in [2.05, 4.69) is 16.0 Å². The number of aromatic amines is 1. The quantitative estimate of drug-likeness (QED) is 0.618. The van der Waals surface area contributed by atoms with Crippen LogP contribution in [0.5, 0.6) is 5.75 Å². The summed E-state index contributed by atoms with van der Waals surface area (Å²) in [5.41, 5.74) is 3.38. The summed E-state index contributed by atoms with van der Waals surface area (Å²) >= 11 is 0. The van der Waals surface area contributed by atoms with E-state index in [1.807, 2.05) is 6.92 Å². The average Bonchev–Trinajstić information content (AvgIpc) is 2.85. The van der Waals surface area contributed by atoms with Gasteiger partial charge in [0.25, 0.3) is 5.56 Å². The summed E-state index contributed by atoms with van der Waals surface area (Å²) in [5.74, 6) is 2.66. The van der Waals surface area contributed by atoms with Gasteiger partial charge in [0.05, 0.1) is 12.3 Å². The summed E-state index contributed by atoms with van der Waals surface area (Å²) < 4.78 is 11.6. The molecule has 9 rings (SSSR count). The minimum Gasteiger partial charge on any atom is -0.491 e. The zero-order valence-corrected chi connectivity index (χ0v) is 16.9. The molecular weight excluding hydrogens is 382 g/mol. The number of hydrogen-bond acceptors (Lipinski definition) is 6. The Morgan fingerprint density at radius 1 is 1.10 bits per heavy atom. The second-order valence-electron chi connectivity index (χ2n) is 8.95. The summed E-state index contributed by atoms with van der Waals surface area (Å²) in [6, 6.07) is 3.65. The van der Waals surface area contributed by atoms with Gasteiger partial charge in [-0.2, -0.15) is 4.98 Å². The molecule has 3 atom stereocenters. The minimum absolute atomic E-state index is 0.139. The Kier molecular flexibility index (Phi) is 3.88. The van der Waals surface area contributed by atoms with Crippen LogP contribution in [0.25, 0.3) is 11.1 Å². The lowest BCUT2D eigenvalue weighted by molar-refractivity contribution is 0.153. The normalized spacial score (nSPS) is 24.8. The van der Waals surface area contributed by atoms with E-state index in [1.54, 1.807) is 0 Å². The van der Waals surface area contributed by atoms with Crippen LogP contribution < -0.4 is 15.9 Å². The molecule has 154 valence electrons. The summed E-state index contributed by atoms with van der Waals surface area (Å²) in [5, 5.41) is 0.404. The number of pyridine rings is 1. The molecule has 8 heterocycles. The van der Waals surface area contributed by atoms with E-state index in [0.29, 0.717) is 54.8 Å². The van der Waals surface area contributed by atoms with Crippen LogP contribution in [0.4, 0.5) is 0 Å². The van der Waals surface area contributed by atoms with Crippen molar-refractivity contribution < 1.29 is 9.15 Å². The molecule has 1 fully saturated rings. The number of nitrogens with zero attached hydrogens (tertiary/aromatic N) is 2. The van der Waals surface area contributed by atoms with Crippen LogP contribution in [-0.4, -0.2) is 21.6 Å². The molecule has 1 saturated carbocycles. The van der Waals surface area contributed by atoms with Crippen LogP contribution in [0.15, 0.2) is 26.1 Å². The van der Waals surface area contributed by atoms with E-state index in [4.69, 9.17) is 14.1 Å². The standard InChI is InChI=1S/C23H23N3O4/c1-11-21-17-9-16(24-11)4-5-18-25-22(28)20-14(8-19(27)30-23(20)26-18)6-12-2-3-13(17)7-15(12)10-29-21/h8-9,12-13,15H,2-7,10H2,1H3,(H,25,26,28). The van der Waals surface area contributed by atoms with Crippen LogP contribution in [0.2, 0.25) is 0 Å². The molecule has 3 aromatic rings. The Balaban J connectivity index is 1.59. The van der Waals surface area contributed by atoms with E-state index in [9.17, 15) is 9.59 Å². The first-order valence-electron chi connectivity index (χ1n) is 10.7. The molecule has 7 heteroatoms. The molecule has 1 aliphatic carbocycles. The van der Waals surface area contributed by atoms with Crippen LogP contribution in [0.3, 0.4) is 0 Å². The predicted octanol–water partition coefficient (Wildman–Crippen LogP) is 2.81. The summed E-state index contributed by atoms with van der Waals surface area (Å²) in [6.45, 7) is 2.66. The SMILES string of the molecule is Cc1nc2cc3c1OCC1CC3CCC1Cc1cc(=O)oc3nc([nH]c(=O)c13)CC2. The van der Waals surface area contributed by atoms with Gasteiger partial charge in [-0.3, -0.25) is 9.78 Å². The van der Waals surface area contributed by atoms with Crippen molar-refractivity contribution in [2.24, 2.45) is 11.8 Å². The topological polar surface area (TPSA) is 98.1 Å². The lowest BCUT2D eigenvalue weighted by atomic mass is 9.70. The Labute approximate surface area is 172 Å². The van der Waals surface area contributed by atoms with Gasteiger partial charge >= 0.3 is 5.63 Å². The first-order chi connectivity index (χ1) is 14.5. The van der Waals surface area contributed by atoms with E-state index in [-0.39, 0.29) is 11.3 Å². The number of H-pyrrole nitrogens is 1. The van der Waals surface area contributed by atoms with E-state index >= 15 is 0 Å². The Morgan fingerprint density at radius 2 is 2.00 bits per heavy atom. The van der Waals surface area contributed by atoms with Crippen LogP contribution in [-0.2, 0) is 19.3 Å². The Morgan fingerprint density at radius 3 is 2.90 bits per heavy atom. The van der Waals surface area contributed by atoms with E-state index in [0.717, 1.165) is 42.0 Å². The maximum absolute atomic E-state index is 12.9. The summed E-state index contributed by atoms with van der Waals surface area (Å²) in [6.07, 6.45) is 5.01. The van der Waals surface area contributed by atoms with Crippen LogP contribution >= 0.6 is 0 Å². The Bertz CT molecular complexity index is 1290. The maximum atomic E-state index is 12.9. The molecule has 30 heavy (non-hydrogen) atoms. The molecule has 1 N–H and O–H groups in total. The molecule has 0 amide bonds. The molecule has 9 bridgehead atoms. The van der Waals surface area contributed by atoms with Crippen molar-refractivity contribution in [1.82, 2.24) is 15.0 Å². The molecule has 5 aliphatic heterocycles. The maximum Gasteiger partial charge on any atom is 0.337 e. The van der Waals surface area contributed by atoms with Gasteiger partial charge in [0.2, 0.25) is 5.71 Å². The first kappa shape index (κ1) is 17.9. The highest BCUT2D eigenvalue weighted by Crippen LogP contribution is 2.47. The fraction of sp³-hybridized carbons (Fsp3) is 0.478. The highest BCUT2D eigenvalue weighted by molar-refractivity contribution is 5.75. The number of aromatic nitrogens is 3. The van der Waals surface area contributed by atoms with Gasteiger partial charge in [0.1, 0.15) is 17.0 Å². The van der Waals surface area contributed by atoms with Gasteiger partial charge < -0.3 is 14.1 Å². The average molecular weight is 405 g/mol. The van der Waals surface area contributed by atoms with Gasteiger partial charge in [-0.25, -0.2) is 4.79 Å². The molecule has 0 radical (unpaired) electrons. The molecule has 7 nitrogen and oxygen atoms in total. The highest BCUT2D eigenvalue weighted by Gasteiger charge is 2.37. The summed E-state index contributed by atoms with van der Waals surface area (Å²) in [4.78, 5) is 37.3. The number of rotatable bonds is 0. The predicted molar refractivity (Wildman–Crippen MR) is 110 cm³/mol. The number of aryl methyl sites for hydroxylation is 3. The van der Waals surface area contributed by atoms with Crippen molar-refractivity contribution in [2.45, 2.75) is 51.4 Å². The molecule has 0 aromatic carbocycles. The van der Waals surface area contributed by atoms with Gasteiger partial charge in [0.15, 0.2) is 0 Å². The Hall–Kier alpha value is -2.96. The number of hydrogen-bond donors (Lipinski definition) is 1. The molecule has 3 unspecified atom stereocenters. The zero-order valence-electron chi connectivity index (χ0n) is 16.9. The smallest absolute Gasteiger partial charge is 0.337 e. The fourth-order valence-electron chi connectivity index (χ4n) is 5.65. The fourth-order valence-corrected chi connectivity index (χ4v) is 5.65. The lowest BCUT2D eigenvalue weighted by Gasteiger charge is -2.34. The number of ether oxygens (including phenoxy) is 1. The van der Waals surface area contributed by atoms with Crippen molar-refractivity contribution >= 4 is 11.1 Å². The molecule has 0 saturated heterocycles.